The SMILES string of the molecule is CCCC[NH+]1CCC(CC)C1. The first-order chi connectivity index (χ1) is 5.36. The zero-order valence-electron chi connectivity index (χ0n) is 8.03. The van der Waals surface area contributed by atoms with E-state index in [0.717, 1.165) is 5.92 Å². The molecule has 1 heterocycles. The van der Waals surface area contributed by atoms with Gasteiger partial charge in [-0.1, -0.05) is 20.3 Å². The number of hydrogen-bond donors (Lipinski definition) is 1. The molecular formula is C10H22N+. The van der Waals surface area contributed by atoms with Gasteiger partial charge in [-0.2, -0.15) is 0 Å². The van der Waals surface area contributed by atoms with Gasteiger partial charge in [-0.15, -0.1) is 0 Å². The minimum atomic E-state index is 1.04. The highest BCUT2D eigenvalue weighted by molar-refractivity contribution is 4.59. The van der Waals surface area contributed by atoms with Crippen molar-refractivity contribution < 1.29 is 4.90 Å². The van der Waals surface area contributed by atoms with Gasteiger partial charge in [0.15, 0.2) is 0 Å². The highest BCUT2D eigenvalue weighted by Gasteiger charge is 2.23. The zero-order valence-corrected chi connectivity index (χ0v) is 8.03. The Morgan fingerprint density at radius 3 is 2.73 bits per heavy atom. The first-order valence-electron chi connectivity index (χ1n) is 5.20. The summed E-state index contributed by atoms with van der Waals surface area (Å²) in [5.74, 6) is 1.04. The number of quaternary nitrogens is 1. The molecule has 66 valence electrons. The van der Waals surface area contributed by atoms with Crippen LogP contribution in [0.3, 0.4) is 0 Å². The van der Waals surface area contributed by atoms with E-state index >= 15 is 0 Å². The standard InChI is InChI=1S/C10H21N/c1-3-5-7-11-8-6-10(4-2)9-11/h10H,3-9H2,1-2H3/p+1. The van der Waals surface area contributed by atoms with Crippen LogP contribution in [0.25, 0.3) is 0 Å². The second-order valence-electron chi connectivity index (χ2n) is 3.87. The van der Waals surface area contributed by atoms with Gasteiger partial charge in [0.2, 0.25) is 0 Å². The van der Waals surface area contributed by atoms with Gasteiger partial charge < -0.3 is 4.90 Å². The number of nitrogens with one attached hydrogen (secondary N) is 1. The molecular weight excluding hydrogens is 134 g/mol. The molecule has 2 atom stereocenters. The molecule has 0 spiro atoms. The topological polar surface area (TPSA) is 4.44 Å². The summed E-state index contributed by atoms with van der Waals surface area (Å²) in [7, 11) is 0. The van der Waals surface area contributed by atoms with E-state index in [9.17, 15) is 0 Å². The van der Waals surface area contributed by atoms with E-state index in [1.807, 2.05) is 4.90 Å². The van der Waals surface area contributed by atoms with Crippen molar-refractivity contribution in [3.8, 4) is 0 Å². The molecule has 1 rings (SSSR count). The van der Waals surface area contributed by atoms with Crippen molar-refractivity contribution >= 4 is 0 Å². The van der Waals surface area contributed by atoms with E-state index in [1.165, 1.54) is 45.3 Å². The molecule has 2 unspecified atom stereocenters. The number of rotatable bonds is 4. The minimum absolute atomic E-state index is 1.04. The summed E-state index contributed by atoms with van der Waals surface area (Å²) in [5.41, 5.74) is 0. The molecule has 0 saturated carbocycles. The summed E-state index contributed by atoms with van der Waals surface area (Å²) >= 11 is 0. The summed E-state index contributed by atoms with van der Waals surface area (Å²) in [5, 5.41) is 0. The van der Waals surface area contributed by atoms with E-state index < -0.39 is 0 Å². The summed E-state index contributed by atoms with van der Waals surface area (Å²) in [6, 6.07) is 0. The lowest BCUT2D eigenvalue weighted by atomic mass is 10.1. The maximum absolute atomic E-state index is 2.33. The third-order valence-electron chi connectivity index (χ3n) is 2.94. The van der Waals surface area contributed by atoms with Gasteiger partial charge in [0, 0.05) is 12.3 Å². The minimum Gasteiger partial charge on any atom is -0.335 e. The van der Waals surface area contributed by atoms with Crippen molar-refractivity contribution in [2.45, 2.75) is 39.5 Å². The number of likely N-dealkylation sites (tertiary alicyclic amines) is 1. The van der Waals surface area contributed by atoms with Crippen molar-refractivity contribution in [2.75, 3.05) is 19.6 Å². The predicted octanol–water partition coefficient (Wildman–Crippen LogP) is 1.10. The monoisotopic (exact) mass is 156 g/mol. The van der Waals surface area contributed by atoms with Crippen molar-refractivity contribution in [1.29, 1.82) is 0 Å². The van der Waals surface area contributed by atoms with Crippen LogP contribution < -0.4 is 4.90 Å². The highest BCUT2D eigenvalue weighted by Crippen LogP contribution is 2.07. The Labute approximate surface area is 70.8 Å². The maximum atomic E-state index is 2.33. The summed E-state index contributed by atoms with van der Waals surface area (Å²) in [4.78, 5) is 1.86. The molecule has 0 bridgehead atoms. The molecule has 1 fully saturated rings. The normalized spacial score (nSPS) is 31.1. The molecule has 0 amide bonds. The second-order valence-corrected chi connectivity index (χ2v) is 3.87. The average Bonchev–Trinajstić information content (AvgIpc) is 2.48. The van der Waals surface area contributed by atoms with E-state index in [1.54, 1.807) is 0 Å². The molecule has 1 heteroatoms. The fourth-order valence-corrected chi connectivity index (χ4v) is 2.02. The Morgan fingerprint density at radius 2 is 2.18 bits per heavy atom. The van der Waals surface area contributed by atoms with Crippen LogP contribution in [0.2, 0.25) is 0 Å². The fraction of sp³-hybridized carbons (Fsp3) is 1.00. The number of hydrogen-bond acceptors (Lipinski definition) is 0. The maximum Gasteiger partial charge on any atom is 0.0801 e. The van der Waals surface area contributed by atoms with Crippen molar-refractivity contribution in [3.05, 3.63) is 0 Å². The van der Waals surface area contributed by atoms with Crippen molar-refractivity contribution in [2.24, 2.45) is 5.92 Å². The highest BCUT2D eigenvalue weighted by atomic mass is 15.1. The Balaban J connectivity index is 2.09. The van der Waals surface area contributed by atoms with Gasteiger partial charge >= 0.3 is 0 Å². The van der Waals surface area contributed by atoms with Crippen LogP contribution in [0.4, 0.5) is 0 Å². The largest absolute Gasteiger partial charge is 0.335 e. The van der Waals surface area contributed by atoms with Crippen LogP contribution in [0.1, 0.15) is 39.5 Å². The molecule has 0 aliphatic carbocycles. The van der Waals surface area contributed by atoms with Crippen molar-refractivity contribution in [3.63, 3.8) is 0 Å². The molecule has 0 aromatic rings. The van der Waals surface area contributed by atoms with E-state index in [-0.39, 0.29) is 0 Å². The van der Waals surface area contributed by atoms with Gasteiger partial charge in [0.1, 0.15) is 0 Å². The third-order valence-corrected chi connectivity index (χ3v) is 2.94. The van der Waals surface area contributed by atoms with Crippen LogP contribution in [0, 0.1) is 5.92 Å². The summed E-state index contributed by atoms with van der Waals surface area (Å²) < 4.78 is 0. The van der Waals surface area contributed by atoms with E-state index in [2.05, 4.69) is 13.8 Å². The lowest BCUT2D eigenvalue weighted by molar-refractivity contribution is -0.889. The third kappa shape index (κ3) is 2.82. The van der Waals surface area contributed by atoms with Crippen LogP contribution in [0.5, 0.6) is 0 Å². The van der Waals surface area contributed by atoms with Crippen LogP contribution in [-0.4, -0.2) is 19.6 Å². The van der Waals surface area contributed by atoms with Gasteiger partial charge in [-0.3, -0.25) is 0 Å². The smallest absolute Gasteiger partial charge is 0.0801 e. The molecule has 0 aromatic carbocycles. The lowest BCUT2D eigenvalue weighted by Gasteiger charge is -2.11. The van der Waals surface area contributed by atoms with Gasteiger partial charge in [0.05, 0.1) is 19.6 Å². The average molecular weight is 156 g/mol. The molecule has 1 N–H and O–H groups in total. The van der Waals surface area contributed by atoms with E-state index in [4.69, 9.17) is 0 Å². The molecule has 0 aromatic heterocycles. The quantitative estimate of drug-likeness (QED) is 0.622. The Morgan fingerprint density at radius 1 is 1.36 bits per heavy atom. The molecule has 0 radical (unpaired) electrons. The van der Waals surface area contributed by atoms with Gasteiger partial charge in [-0.05, 0) is 12.8 Å². The predicted molar refractivity (Wildman–Crippen MR) is 48.9 cm³/mol. The van der Waals surface area contributed by atoms with E-state index in [0.29, 0.717) is 0 Å². The first kappa shape index (κ1) is 9.05. The Bertz CT molecular complexity index is 101. The fourth-order valence-electron chi connectivity index (χ4n) is 2.02. The zero-order chi connectivity index (χ0) is 8.10. The Hall–Kier alpha value is -0.0400. The molecule has 1 saturated heterocycles. The van der Waals surface area contributed by atoms with Crippen molar-refractivity contribution in [1.82, 2.24) is 0 Å². The summed E-state index contributed by atoms with van der Waals surface area (Å²) in [6.45, 7) is 8.93. The lowest BCUT2D eigenvalue weighted by Crippen LogP contribution is -3.10. The van der Waals surface area contributed by atoms with Gasteiger partial charge in [0.25, 0.3) is 0 Å². The molecule has 11 heavy (non-hydrogen) atoms. The molecule has 1 aliphatic heterocycles. The van der Waals surface area contributed by atoms with Crippen LogP contribution in [-0.2, 0) is 0 Å². The first-order valence-corrected chi connectivity index (χ1v) is 5.20. The van der Waals surface area contributed by atoms with Gasteiger partial charge in [-0.25, -0.2) is 0 Å². The second kappa shape index (κ2) is 4.76. The molecule has 1 nitrogen and oxygen atoms in total. The number of unbranched alkanes of at least 4 members (excludes halogenated alkanes) is 1. The Kier molecular flexibility index (Phi) is 3.92. The van der Waals surface area contributed by atoms with Crippen LogP contribution in [0.15, 0.2) is 0 Å². The molecule has 1 aliphatic rings. The summed E-state index contributed by atoms with van der Waals surface area (Å²) in [6.07, 6.45) is 5.66. The van der Waals surface area contributed by atoms with Crippen LogP contribution >= 0.6 is 0 Å².